The quantitative estimate of drug-likeness (QED) is 0.702. The Morgan fingerprint density at radius 1 is 1.11 bits per heavy atom. The van der Waals surface area contributed by atoms with Crippen LogP contribution in [0, 0.1) is 17.3 Å². The molecule has 1 rings (SSSR count). The van der Waals surface area contributed by atoms with Gasteiger partial charge >= 0.3 is 0 Å². The summed E-state index contributed by atoms with van der Waals surface area (Å²) in [6.45, 7) is 9.51. The Balaban J connectivity index is 2.31. The second-order valence-electron chi connectivity index (χ2n) is 7.83. The van der Waals surface area contributed by atoms with Crippen LogP contribution in [-0.4, -0.2) is 13.1 Å². The van der Waals surface area contributed by atoms with Crippen LogP contribution in [0.15, 0.2) is 0 Å². The average molecular weight is 253 g/mol. The molecule has 2 unspecified atom stereocenters. The summed E-state index contributed by atoms with van der Waals surface area (Å²) in [6, 6.07) is 0.741. The lowest BCUT2D eigenvalue weighted by Gasteiger charge is -2.30. The molecule has 0 bridgehead atoms. The zero-order chi connectivity index (χ0) is 13.6. The van der Waals surface area contributed by atoms with E-state index in [-0.39, 0.29) is 0 Å². The molecule has 0 aromatic heterocycles. The lowest BCUT2D eigenvalue weighted by Crippen LogP contribution is -2.31. The van der Waals surface area contributed by atoms with E-state index < -0.39 is 0 Å². The Labute approximate surface area is 115 Å². The number of hydrogen-bond acceptors (Lipinski definition) is 1. The van der Waals surface area contributed by atoms with E-state index in [1.54, 1.807) is 0 Å². The van der Waals surface area contributed by atoms with Gasteiger partial charge in [-0.15, -0.1) is 0 Å². The molecule has 2 atom stereocenters. The minimum Gasteiger partial charge on any atom is -0.317 e. The molecule has 0 saturated heterocycles. The summed E-state index contributed by atoms with van der Waals surface area (Å²) < 4.78 is 0. The predicted octanol–water partition coefficient (Wildman–Crippen LogP) is 5.01. The van der Waals surface area contributed by atoms with Gasteiger partial charge in [-0.2, -0.15) is 0 Å². The summed E-state index contributed by atoms with van der Waals surface area (Å²) in [5.74, 6) is 1.84. The van der Waals surface area contributed by atoms with Gasteiger partial charge in [0.25, 0.3) is 0 Å². The lowest BCUT2D eigenvalue weighted by molar-refractivity contribution is 0.246. The van der Waals surface area contributed by atoms with Crippen LogP contribution in [0.3, 0.4) is 0 Å². The Kier molecular flexibility index (Phi) is 6.70. The van der Waals surface area contributed by atoms with E-state index in [9.17, 15) is 0 Å². The largest absolute Gasteiger partial charge is 0.317 e. The smallest absolute Gasteiger partial charge is 0.00692 e. The Morgan fingerprint density at radius 3 is 2.22 bits per heavy atom. The molecule has 1 saturated carbocycles. The number of hydrogen-bond donors (Lipinski definition) is 1. The molecule has 0 heterocycles. The number of nitrogens with one attached hydrogen (secondary N) is 1. The van der Waals surface area contributed by atoms with E-state index in [2.05, 4.69) is 40.1 Å². The molecule has 0 spiro atoms. The van der Waals surface area contributed by atoms with Gasteiger partial charge in [0.1, 0.15) is 0 Å². The molecule has 1 heteroatoms. The Hall–Kier alpha value is -0.0400. The minimum absolute atomic E-state index is 0.475. The van der Waals surface area contributed by atoms with E-state index >= 15 is 0 Å². The molecule has 1 N–H and O–H groups in total. The van der Waals surface area contributed by atoms with Crippen molar-refractivity contribution in [3.05, 3.63) is 0 Å². The van der Waals surface area contributed by atoms with Gasteiger partial charge in [0.15, 0.2) is 0 Å². The Morgan fingerprint density at radius 2 is 1.72 bits per heavy atom. The third-order valence-corrected chi connectivity index (χ3v) is 4.40. The summed E-state index contributed by atoms with van der Waals surface area (Å²) >= 11 is 0. The first kappa shape index (κ1) is 16.0. The highest BCUT2D eigenvalue weighted by atomic mass is 14.9. The van der Waals surface area contributed by atoms with Crippen LogP contribution in [0.1, 0.15) is 79.1 Å². The molecule has 1 aliphatic carbocycles. The fourth-order valence-electron chi connectivity index (χ4n) is 3.77. The molecule has 0 aromatic carbocycles. The summed E-state index contributed by atoms with van der Waals surface area (Å²) in [7, 11) is 2.15. The van der Waals surface area contributed by atoms with E-state index in [1.807, 2.05) is 0 Å². The summed E-state index contributed by atoms with van der Waals surface area (Å²) in [5, 5.41) is 3.57. The summed E-state index contributed by atoms with van der Waals surface area (Å²) in [5.41, 5.74) is 0.475. The predicted molar refractivity (Wildman–Crippen MR) is 81.9 cm³/mol. The van der Waals surface area contributed by atoms with Crippen LogP contribution in [0.4, 0.5) is 0 Å². The normalized spacial score (nSPS) is 21.8. The standard InChI is InChI=1S/C17H35N/c1-14(13-17(2,3)4)11-16(18-5)12-15-9-7-6-8-10-15/h14-16,18H,6-13H2,1-5H3. The van der Waals surface area contributed by atoms with Crippen molar-refractivity contribution < 1.29 is 0 Å². The van der Waals surface area contributed by atoms with Crippen LogP contribution < -0.4 is 5.32 Å². The van der Waals surface area contributed by atoms with Crippen molar-refractivity contribution in [3.63, 3.8) is 0 Å². The van der Waals surface area contributed by atoms with E-state index in [0.29, 0.717) is 5.41 Å². The van der Waals surface area contributed by atoms with Crippen LogP contribution in [0.5, 0.6) is 0 Å². The monoisotopic (exact) mass is 253 g/mol. The van der Waals surface area contributed by atoms with Gasteiger partial charge < -0.3 is 5.32 Å². The number of rotatable bonds is 6. The van der Waals surface area contributed by atoms with Crippen molar-refractivity contribution in [3.8, 4) is 0 Å². The Bertz CT molecular complexity index is 210. The fourth-order valence-corrected chi connectivity index (χ4v) is 3.77. The van der Waals surface area contributed by atoms with Crippen molar-refractivity contribution in [2.45, 2.75) is 85.1 Å². The molecular weight excluding hydrogens is 218 g/mol. The zero-order valence-electron chi connectivity index (χ0n) is 13.4. The van der Waals surface area contributed by atoms with Crippen molar-refractivity contribution in [2.24, 2.45) is 17.3 Å². The van der Waals surface area contributed by atoms with Gasteiger partial charge in [-0.25, -0.2) is 0 Å². The van der Waals surface area contributed by atoms with Crippen molar-refractivity contribution in [1.82, 2.24) is 5.32 Å². The molecule has 0 radical (unpaired) electrons. The second kappa shape index (κ2) is 7.53. The van der Waals surface area contributed by atoms with E-state index in [4.69, 9.17) is 0 Å². The topological polar surface area (TPSA) is 12.0 Å². The van der Waals surface area contributed by atoms with Gasteiger partial charge in [0.2, 0.25) is 0 Å². The molecule has 1 aliphatic rings. The molecule has 1 fully saturated rings. The molecule has 0 aliphatic heterocycles. The third-order valence-electron chi connectivity index (χ3n) is 4.40. The first-order valence-corrected chi connectivity index (χ1v) is 8.08. The maximum atomic E-state index is 3.57. The maximum absolute atomic E-state index is 3.57. The minimum atomic E-state index is 0.475. The SMILES string of the molecule is CNC(CC(C)CC(C)(C)C)CC1CCCCC1. The molecule has 0 amide bonds. The highest BCUT2D eigenvalue weighted by Crippen LogP contribution is 2.31. The van der Waals surface area contributed by atoms with Crippen LogP contribution in [-0.2, 0) is 0 Å². The van der Waals surface area contributed by atoms with E-state index in [1.165, 1.54) is 51.4 Å². The van der Waals surface area contributed by atoms with Crippen LogP contribution in [0.2, 0.25) is 0 Å². The molecule has 108 valence electrons. The van der Waals surface area contributed by atoms with Gasteiger partial charge in [-0.05, 0) is 43.6 Å². The summed E-state index contributed by atoms with van der Waals surface area (Å²) in [6.07, 6.45) is 11.5. The first-order chi connectivity index (χ1) is 8.40. The average Bonchev–Trinajstić information content (AvgIpc) is 2.27. The molecular formula is C17H35N. The summed E-state index contributed by atoms with van der Waals surface area (Å²) in [4.78, 5) is 0. The highest BCUT2D eigenvalue weighted by molar-refractivity contribution is 4.77. The van der Waals surface area contributed by atoms with Crippen molar-refractivity contribution in [2.75, 3.05) is 7.05 Å². The third kappa shape index (κ3) is 6.78. The molecule has 1 nitrogen and oxygen atoms in total. The van der Waals surface area contributed by atoms with Crippen LogP contribution in [0.25, 0.3) is 0 Å². The fraction of sp³-hybridized carbons (Fsp3) is 1.00. The highest BCUT2D eigenvalue weighted by Gasteiger charge is 2.22. The van der Waals surface area contributed by atoms with Gasteiger partial charge in [0, 0.05) is 6.04 Å². The van der Waals surface area contributed by atoms with Gasteiger partial charge in [-0.1, -0.05) is 59.8 Å². The lowest BCUT2D eigenvalue weighted by atomic mass is 9.79. The van der Waals surface area contributed by atoms with Gasteiger partial charge in [0.05, 0.1) is 0 Å². The molecule has 18 heavy (non-hydrogen) atoms. The van der Waals surface area contributed by atoms with Crippen molar-refractivity contribution >= 4 is 0 Å². The first-order valence-electron chi connectivity index (χ1n) is 8.08. The molecule has 0 aromatic rings. The van der Waals surface area contributed by atoms with Crippen LogP contribution >= 0.6 is 0 Å². The van der Waals surface area contributed by atoms with Crippen molar-refractivity contribution in [1.29, 1.82) is 0 Å². The second-order valence-corrected chi connectivity index (χ2v) is 7.83. The van der Waals surface area contributed by atoms with E-state index in [0.717, 1.165) is 17.9 Å². The zero-order valence-corrected chi connectivity index (χ0v) is 13.4. The van der Waals surface area contributed by atoms with Gasteiger partial charge in [-0.3, -0.25) is 0 Å². The maximum Gasteiger partial charge on any atom is 0.00692 e.